The first-order valence-corrected chi connectivity index (χ1v) is 10.1. The smallest absolute Gasteiger partial charge is 0.279 e. The van der Waals surface area contributed by atoms with Crippen molar-refractivity contribution < 1.29 is 19.0 Å². The molecule has 6 nitrogen and oxygen atoms in total. The van der Waals surface area contributed by atoms with Crippen LogP contribution >= 0.6 is 12.2 Å². The fraction of sp³-hybridized carbons (Fsp3) is 0.318. The lowest BCUT2D eigenvalue weighted by molar-refractivity contribution is -0.111. The molecule has 1 amide bonds. The van der Waals surface area contributed by atoms with Gasteiger partial charge in [0.25, 0.3) is 5.91 Å². The second-order valence-electron chi connectivity index (χ2n) is 6.22. The van der Waals surface area contributed by atoms with Crippen LogP contribution in [0, 0.1) is 0 Å². The van der Waals surface area contributed by atoms with Crippen LogP contribution in [0.5, 0.6) is 17.2 Å². The minimum absolute atomic E-state index is 0.226. The van der Waals surface area contributed by atoms with Crippen molar-refractivity contribution in [3.63, 3.8) is 0 Å². The Morgan fingerprint density at radius 1 is 0.897 bits per heavy atom. The number of benzene rings is 2. The molecule has 152 valence electrons. The topological polar surface area (TPSA) is 60.4 Å². The van der Waals surface area contributed by atoms with E-state index < -0.39 is 0 Å². The monoisotopic (exact) mass is 412 g/mol. The number of thiocarbonyl (C=S) groups is 1. The molecule has 1 heterocycles. The van der Waals surface area contributed by atoms with Gasteiger partial charge in [-0.15, -0.1) is 0 Å². The summed E-state index contributed by atoms with van der Waals surface area (Å²) in [5.41, 5.74) is 1.91. The van der Waals surface area contributed by atoms with E-state index in [1.54, 1.807) is 12.1 Å². The maximum absolute atomic E-state index is 13.0. The van der Waals surface area contributed by atoms with Gasteiger partial charge in [-0.1, -0.05) is 6.07 Å². The first-order chi connectivity index (χ1) is 14.1. The molecule has 0 N–H and O–H groups in total. The van der Waals surface area contributed by atoms with Gasteiger partial charge in [0.05, 0.1) is 25.5 Å². The molecule has 1 aliphatic heterocycles. The van der Waals surface area contributed by atoms with E-state index in [-0.39, 0.29) is 11.0 Å². The molecule has 0 spiro atoms. The third-order valence-electron chi connectivity index (χ3n) is 4.29. The van der Waals surface area contributed by atoms with Gasteiger partial charge in [0.15, 0.2) is 0 Å². The summed E-state index contributed by atoms with van der Waals surface area (Å²) in [7, 11) is 0. The van der Waals surface area contributed by atoms with Crippen LogP contribution in [-0.4, -0.2) is 36.6 Å². The highest BCUT2D eigenvalue weighted by molar-refractivity contribution is 7.80. The van der Waals surface area contributed by atoms with E-state index in [1.165, 1.54) is 4.90 Å². The van der Waals surface area contributed by atoms with Gasteiger partial charge >= 0.3 is 0 Å². The van der Waals surface area contributed by atoms with Gasteiger partial charge in [-0.3, -0.25) is 9.69 Å². The van der Waals surface area contributed by atoms with E-state index in [0.717, 1.165) is 17.1 Å². The van der Waals surface area contributed by atoms with E-state index in [9.17, 15) is 4.79 Å². The Labute approximate surface area is 176 Å². The van der Waals surface area contributed by atoms with Crippen LogP contribution in [0.1, 0.15) is 26.3 Å². The molecular formula is C22H24N2O4S. The standard InChI is InChI=1S/C22H24N2O4S/c1-4-26-17-11-8-16(9-12-17)24-21(25)19(23-22(24)29)13-15-7-10-18(27-5-2)14-20(15)28-6-3/h7-12,14H,4-6,13H2,1-3H3. The molecule has 0 atom stereocenters. The highest BCUT2D eigenvalue weighted by atomic mass is 32.1. The quantitative estimate of drug-likeness (QED) is 0.578. The Bertz CT molecular complexity index is 925. The highest BCUT2D eigenvalue weighted by Crippen LogP contribution is 2.28. The predicted octanol–water partition coefficient (Wildman–Crippen LogP) is 4.20. The van der Waals surface area contributed by atoms with Crippen LogP contribution in [0.25, 0.3) is 0 Å². The van der Waals surface area contributed by atoms with Crippen molar-refractivity contribution in [1.29, 1.82) is 0 Å². The van der Waals surface area contributed by atoms with Gasteiger partial charge in [-0.2, -0.15) is 0 Å². The number of rotatable bonds is 9. The first-order valence-electron chi connectivity index (χ1n) is 9.64. The predicted molar refractivity (Wildman–Crippen MR) is 118 cm³/mol. The fourth-order valence-corrected chi connectivity index (χ4v) is 3.34. The fourth-order valence-electron chi connectivity index (χ4n) is 3.04. The van der Waals surface area contributed by atoms with Crippen LogP contribution in [0.4, 0.5) is 5.69 Å². The molecule has 0 fully saturated rings. The Kier molecular flexibility index (Phi) is 6.82. The van der Waals surface area contributed by atoms with Crippen molar-refractivity contribution in [3.05, 3.63) is 48.0 Å². The first kappa shape index (κ1) is 20.8. The molecule has 0 unspecified atom stereocenters. The second kappa shape index (κ2) is 9.52. The van der Waals surface area contributed by atoms with Gasteiger partial charge < -0.3 is 14.2 Å². The number of anilines is 1. The zero-order valence-corrected chi connectivity index (χ0v) is 17.6. The van der Waals surface area contributed by atoms with Gasteiger partial charge in [0.1, 0.15) is 23.0 Å². The Morgan fingerprint density at radius 3 is 2.17 bits per heavy atom. The van der Waals surface area contributed by atoms with Crippen LogP contribution in [0.3, 0.4) is 0 Å². The molecule has 2 aromatic carbocycles. The van der Waals surface area contributed by atoms with Crippen molar-refractivity contribution in [2.45, 2.75) is 27.2 Å². The molecule has 29 heavy (non-hydrogen) atoms. The number of hydrogen-bond donors (Lipinski definition) is 0. The molecule has 0 radical (unpaired) electrons. The molecule has 2 aromatic rings. The second-order valence-corrected chi connectivity index (χ2v) is 6.59. The van der Waals surface area contributed by atoms with Crippen molar-refractivity contribution in [3.8, 4) is 17.2 Å². The van der Waals surface area contributed by atoms with Crippen LogP contribution < -0.4 is 19.1 Å². The third-order valence-corrected chi connectivity index (χ3v) is 4.56. The Morgan fingerprint density at radius 2 is 1.52 bits per heavy atom. The minimum atomic E-state index is -0.226. The molecular weight excluding hydrogens is 388 g/mol. The SMILES string of the molecule is CCOc1ccc(N2C(=O)C(Cc3ccc(OCC)cc3OCC)=NC2=S)cc1. The normalized spacial score (nSPS) is 13.5. The van der Waals surface area contributed by atoms with E-state index in [2.05, 4.69) is 4.99 Å². The zero-order chi connectivity index (χ0) is 20.8. The lowest BCUT2D eigenvalue weighted by atomic mass is 10.1. The van der Waals surface area contributed by atoms with Crippen LogP contribution in [-0.2, 0) is 11.2 Å². The van der Waals surface area contributed by atoms with Crippen molar-refractivity contribution in [2.24, 2.45) is 4.99 Å². The number of aliphatic imine (C=N–C) groups is 1. The molecule has 1 aliphatic rings. The number of nitrogens with zero attached hydrogens (tertiary/aromatic N) is 2. The van der Waals surface area contributed by atoms with Crippen molar-refractivity contribution in [2.75, 3.05) is 24.7 Å². The van der Waals surface area contributed by atoms with E-state index >= 15 is 0 Å². The average molecular weight is 413 g/mol. The lowest BCUT2D eigenvalue weighted by Gasteiger charge is -2.16. The molecule has 7 heteroatoms. The Balaban J connectivity index is 1.80. The summed E-state index contributed by atoms with van der Waals surface area (Å²) in [4.78, 5) is 18.8. The third kappa shape index (κ3) is 4.74. The summed E-state index contributed by atoms with van der Waals surface area (Å²) in [5.74, 6) is 1.92. The van der Waals surface area contributed by atoms with Gasteiger partial charge in [-0.25, -0.2) is 4.99 Å². The van der Waals surface area contributed by atoms with E-state index in [1.807, 2.05) is 51.1 Å². The maximum Gasteiger partial charge on any atom is 0.279 e. The number of hydrogen-bond acceptors (Lipinski definition) is 5. The average Bonchev–Trinajstić information content (AvgIpc) is 2.98. The minimum Gasteiger partial charge on any atom is -0.494 e. The molecule has 0 bridgehead atoms. The Hall–Kier alpha value is -2.93. The van der Waals surface area contributed by atoms with Gasteiger partial charge in [-0.05, 0) is 63.3 Å². The number of carbonyl (C=O) groups excluding carboxylic acids is 1. The summed E-state index contributed by atoms with van der Waals surface area (Å²) in [6, 6.07) is 12.8. The van der Waals surface area contributed by atoms with Crippen molar-refractivity contribution in [1.82, 2.24) is 0 Å². The molecule has 0 aliphatic carbocycles. The number of ether oxygens (including phenoxy) is 3. The van der Waals surface area contributed by atoms with Gasteiger partial charge in [0.2, 0.25) is 5.11 Å². The summed E-state index contributed by atoms with van der Waals surface area (Å²) in [5, 5.41) is 0.234. The largest absolute Gasteiger partial charge is 0.494 e. The molecule has 0 saturated carbocycles. The van der Waals surface area contributed by atoms with Crippen LogP contribution in [0.2, 0.25) is 0 Å². The maximum atomic E-state index is 13.0. The summed E-state index contributed by atoms with van der Waals surface area (Å²) >= 11 is 5.35. The summed E-state index contributed by atoms with van der Waals surface area (Å²) in [6.45, 7) is 7.43. The zero-order valence-electron chi connectivity index (χ0n) is 16.8. The highest BCUT2D eigenvalue weighted by Gasteiger charge is 2.32. The van der Waals surface area contributed by atoms with Crippen LogP contribution in [0.15, 0.2) is 47.5 Å². The number of amides is 1. The molecule has 0 aromatic heterocycles. The molecule has 0 saturated heterocycles. The number of carbonyl (C=O) groups is 1. The van der Waals surface area contributed by atoms with E-state index in [0.29, 0.717) is 43.4 Å². The summed E-state index contributed by atoms with van der Waals surface area (Å²) < 4.78 is 16.7. The summed E-state index contributed by atoms with van der Waals surface area (Å²) in [6.07, 6.45) is 0.328. The van der Waals surface area contributed by atoms with E-state index in [4.69, 9.17) is 26.4 Å². The van der Waals surface area contributed by atoms with Crippen molar-refractivity contribution >= 4 is 34.6 Å². The molecule has 3 rings (SSSR count). The van der Waals surface area contributed by atoms with Gasteiger partial charge in [0, 0.05) is 18.1 Å². The lowest BCUT2D eigenvalue weighted by Crippen LogP contribution is -2.33.